The quantitative estimate of drug-likeness (QED) is 0.514. The maximum absolute atomic E-state index is 13.5. The number of hydrogen-bond acceptors (Lipinski definition) is 3. The Morgan fingerprint density at radius 2 is 1.55 bits per heavy atom. The molecule has 0 spiro atoms. The van der Waals surface area contributed by atoms with Crippen LogP contribution in [0.25, 0.3) is 0 Å². The van der Waals surface area contributed by atoms with Gasteiger partial charge in [0.1, 0.15) is 6.54 Å². The Morgan fingerprint density at radius 3 is 2.23 bits per heavy atom. The maximum atomic E-state index is 13.5. The third-order valence-corrected chi connectivity index (χ3v) is 7.39. The van der Waals surface area contributed by atoms with Crippen molar-refractivity contribution in [2.24, 2.45) is 0 Å². The molecule has 0 fully saturated rings. The molecule has 1 amide bonds. The van der Waals surface area contributed by atoms with Crippen LogP contribution in [-0.4, -0.2) is 20.9 Å². The number of hydrogen-bond donors (Lipinski definition) is 1. The number of nitrogens with one attached hydrogen (secondary N) is 1. The van der Waals surface area contributed by atoms with Gasteiger partial charge in [0.15, 0.2) is 0 Å². The molecule has 8 heteroatoms. The van der Waals surface area contributed by atoms with Crippen molar-refractivity contribution >= 4 is 44.8 Å². The molecule has 0 aliphatic heterocycles. The van der Waals surface area contributed by atoms with Gasteiger partial charge in [-0.05, 0) is 55.3 Å². The van der Waals surface area contributed by atoms with Gasteiger partial charge in [0, 0.05) is 16.6 Å². The van der Waals surface area contributed by atoms with Gasteiger partial charge in [-0.2, -0.15) is 0 Å². The lowest BCUT2D eigenvalue weighted by Crippen LogP contribution is -2.41. The van der Waals surface area contributed by atoms with Gasteiger partial charge in [-0.1, -0.05) is 65.2 Å². The summed E-state index contributed by atoms with van der Waals surface area (Å²) in [6.07, 6.45) is 0. The first kappa shape index (κ1) is 23.1. The Kier molecular flexibility index (Phi) is 7.26. The number of rotatable bonds is 7. The van der Waals surface area contributed by atoms with Gasteiger partial charge < -0.3 is 5.32 Å². The normalized spacial score (nSPS) is 11.2. The highest BCUT2D eigenvalue weighted by atomic mass is 35.5. The molecule has 5 nitrogen and oxygen atoms in total. The minimum absolute atomic E-state index is 0.0939. The summed E-state index contributed by atoms with van der Waals surface area (Å²) in [5, 5.41) is 3.68. The smallest absolute Gasteiger partial charge is 0.264 e. The average Bonchev–Trinajstić information content (AvgIpc) is 2.74. The van der Waals surface area contributed by atoms with Crippen LogP contribution in [-0.2, 0) is 21.4 Å². The highest BCUT2D eigenvalue weighted by molar-refractivity contribution is 7.92. The second-order valence-corrected chi connectivity index (χ2v) is 9.75. The SMILES string of the molecule is Cc1ccc(S(=O)(=O)N(CC(=O)NCc2ccccc2Cl)c2cccc(Cl)c2C)cc1. The zero-order valence-corrected chi connectivity index (χ0v) is 19.4. The van der Waals surface area contributed by atoms with E-state index in [0.29, 0.717) is 21.3 Å². The van der Waals surface area contributed by atoms with Crippen LogP contribution in [0.5, 0.6) is 0 Å². The third kappa shape index (κ3) is 5.39. The van der Waals surface area contributed by atoms with E-state index in [-0.39, 0.29) is 11.4 Å². The lowest BCUT2D eigenvalue weighted by Gasteiger charge is -2.26. The van der Waals surface area contributed by atoms with Crippen LogP contribution in [0.2, 0.25) is 10.0 Å². The lowest BCUT2D eigenvalue weighted by molar-refractivity contribution is -0.119. The summed E-state index contributed by atoms with van der Waals surface area (Å²) in [6, 6.07) is 18.6. The number of carbonyl (C=O) groups excluding carboxylic acids is 1. The number of carbonyl (C=O) groups is 1. The van der Waals surface area contributed by atoms with E-state index in [0.717, 1.165) is 15.4 Å². The van der Waals surface area contributed by atoms with E-state index in [1.54, 1.807) is 55.5 Å². The van der Waals surface area contributed by atoms with Crippen molar-refractivity contribution in [2.45, 2.75) is 25.3 Å². The van der Waals surface area contributed by atoms with Crippen LogP contribution in [0.15, 0.2) is 71.6 Å². The Balaban J connectivity index is 1.92. The number of aryl methyl sites for hydroxylation is 1. The van der Waals surface area contributed by atoms with Gasteiger partial charge >= 0.3 is 0 Å². The van der Waals surface area contributed by atoms with Gasteiger partial charge in [-0.25, -0.2) is 8.42 Å². The van der Waals surface area contributed by atoms with Crippen molar-refractivity contribution in [2.75, 3.05) is 10.8 Å². The highest BCUT2D eigenvalue weighted by Gasteiger charge is 2.28. The van der Waals surface area contributed by atoms with E-state index < -0.39 is 22.5 Å². The van der Waals surface area contributed by atoms with E-state index in [2.05, 4.69) is 5.32 Å². The molecule has 0 aliphatic rings. The predicted molar refractivity (Wildman–Crippen MR) is 125 cm³/mol. The van der Waals surface area contributed by atoms with Crippen molar-refractivity contribution in [3.8, 4) is 0 Å². The maximum Gasteiger partial charge on any atom is 0.264 e. The molecule has 0 unspecified atom stereocenters. The first-order chi connectivity index (χ1) is 14.7. The van der Waals surface area contributed by atoms with Gasteiger partial charge in [0.25, 0.3) is 10.0 Å². The highest BCUT2D eigenvalue weighted by Crippen LogP contribution is 2.30. The van der Waals surface area contributed by atoms with Crippen molar-refractivity contribution in [3.05, 3.63) is 93.5 Å². The predicted octanol–water partition coefficient (Wildman–Crippen LogP) is 5.12. The molecule has 0 saturated heterocycles. The number of sulfonamides is 1. The molecule has 1 N–H and O–H groups in total. The molecule has 3 aromatic rings. The second kappa shape index (κ2) is 9.73. The number of amides is 1. The van der Waals surface area contributed by atoms with Crippen molar-refractivity contribution < 1.29 is 13.2 Å². The second-order valence-electron chi connectivity index (χ2n) is 7.08. The summed E-state index contributed by atoms with van der Waals surface area (Å²) >= 11 is 12.4. The molecule has 162 valence electrons. The van der Waals surface area contributed by atoms with E-state index >= 15 is 0 Å². The minimum atomic E-state index is -4.01. The number of benzene rings is 3. The molecule has 0 aliphatic carbocycles. The van der Waals surface area contributed by atoms with Crippen LogP contribution in [0.3, 0.4) is 0 Å². The molecule has 3 aromatic carbocycles. The Labute approximate surface area is 192 Å². The molecule has 0 radical (unpaired) electrons. The zero-order chi connectivity index (χ0) is 22.6. The first-order valence-corrected chi connectivity index (χ1v) is 11.7. The van der Waals surface area contributed by atoms with Gasteiger partial charge in [-0.3, -0.25) is 9.10 Å². The van der Waals surface area contributed by atoms with E-state index in [4.69, 9.17) is 23.2 Å². The topological polar surface area (TPSA) is 66.5 Å². The van der Waals surface area contributed by atoms with E-state index in [1.165, 1.54) is 12.1 Å². The lowest BCUT2D eigenvalue weighted by atomic mass is 10.2. The number of nitrogens with zero attached hydrogens (tertiary/aromatic N) is 1. The fourth-order valence-corrected chi connectivity index (χ4v) is 4.88. The van der Waals surface area contributed by atoms with Crippen LogP contribution < -0.4 is 9.62 Å². The number of anilines is 1. The summed E-state index contributed by atoms with van der Waals surface area (Å²) in [5.41, 5.74) is 2.59. The fraction of sp³-hybridized carbons (Fsp3) is 0.174. The summed E-state index contributed by atoms with van der Waals surface area (Å²) in [5.74, 6) is -0.463. The van der Waals surface area contributed by atoms with Crippen molar-refractivity contribution in [1.82, 2.24) is 5.32 Å². The van der Waals surface area contributed by atoms with E-state index in [1.807, 2.05) is 13.0 Å². The monoisotopic (exact) mass is 476 g/mol. The standard InChI is InChI=1S/C23H22Cl2N2O3S/c1-16-10-12-19(13-11-16)31(29,30)27(22-9-5-8-20(24)17(22)2)15-23(28)26-14-18-6-3-4-7-21(18)25/h3-13H,14-15H2,1-2H3,(H,26,28). The van der Waals surface area contributed by atoms with E-state index in [9.17, 15) is 13.2 Å². The molecule has 31 heavy (non-hydrogen) atoms. The first-order valence-electron chi connectivity index (χ1n) is 9.55. The molecule has 3 rings (SSSR count). The Hall–Kier alpha value is -2.54. The summed E-state index contributed by atoms with van der Waals surface area (Å²) in [4.78, 5) is 12.8. The van der Waals surface area contributed by atoms with Crippen molar-refractivity contribution in [1.29, 1.82) is 0 Å². The van der Waals surface area contributed by atoms with Gasteiger partial charge in [-0.15, -0.1) is 0 Å². The van der Waals surface area contributed by atoms with Crippen LogP contribution in [0, 0.1) is 13.8 Å². The zero-order valence-electron chi connectivity index (χ0n) is 17.1. The molecule has 0 heterocycles. The molecule has 0 aromatic heterocycles. The summed E-state index contributed by atoms with van der Waals surface area (Å²) in [6.45, 7) is 3.38. The molecule has 0 saturated carbocycles. The van der Waals surface area contributed by atoms with Gasteiger partial charge in [0.05, 0.1) is 10.6 Å². The summed E-state index contributed by atoms with van der Waals surface area (Å²) in [7, 11) is -4.01. The van der Waals surface area contributed by atoms with Crippen LogP contribution in [0.1, 0.15) is 16.7 Å². The average molecular weight is 477 g/mol. The molecular weight excluding hydrogens is 455 g/mol. The fourth-order valence-electron chi connectivity index (χ4n) is 3.03. The summed E-state index contributed by atoms with van der Waals surface area (Å²) < 4.78 is 28.0. The number of halogens is 2. The Morgan fingerprint density at radius 1 is 0.903 bits per heavy atom. The van der Waals surface area contributed by atoms with Crippen LogP contribution in [0.4, 0.5) is 5.69 Å². The largest absolute Gasteiger partial charge is 0.350 e. The molecule has 0 bridgehead atoms. The van der Waals surface area contributed by atoms with Crippen molar-refractivity contribution in [3.63, 3.8) is 0 Å². The Bertz CT molecular complexity index is 1200. The molecular formula is C23H22Cl2N2O3S. The van der Waals surface area contributed by atoms with Crippen LogP contribution >= 0.6 is 23.2 Å². The molecule has 0 atom stereocenters. The third-order valence-electron chi connectivity index (χ3n) is 4.84. The van der Waals surface area contributed by atoms with Gasteiger partial charge in [0.2, 0.25) is 5.91 Å². The minimum Gasteiger partial charge on any atom is -0.350 e.